The summed E-state index contributed by atoms with van der Waals surface area (Å²) in [5.41, 5.74) is 11.2. The summed E-state index contributed by atoms with van der Waals surface area (Å²) >= 11 is 0. The Labute approximate surface area is 120 Å². The standard InChI is InChI=1S/C18H20N2/c19-13-6-3-5-12(11-13)17-14-7-1-2-8-15(14)18-16(17)9-4-10-20-18/h1-3,5-8,11,16-18,20H,4,9-10,19H2/t16-,17-,18+/m1/s1. The number of piperidine rings is 1. The van der Waals surface area contributed by atoms with Gasteiger partial charge in [-0.3, -0.25) is 0 Å². The number of nitrogen functional groups attached to an aromatic ring is 1. The predicted octanol–water partition coefficient (Wildman–Crippen LogP) is 3.46. The maximum Gasteiger partial charge on any atom is 0.0360 e. The Morgan fingerprint density at radius 1 is 1.00 bits per heavy atom. The monoisotopic (exact) mass is 264 g/mol. The van der Waals surface area contributed by atoms with E-state index in [0.717, 1.165) is 12.2 Å². The van der Waals surface area contributed by atoms with Crippen molar-refractivity contribution in [3.8, 4) is 0 Å². The summed E-state index contributed by atoms with van der Waals surface area (Å²) in [5, 5.41) is 3.72. The van der Waals surface area contributed by atoms with Gasteiger partial charge in [0.2, 0.25) is 0 Å². The van der Waals surface area contributed by atoms with Crippen LogP contribution in [0, 0.1) is 5.92 Å². The van der Waals surface area contributed by atoms with E-state index < -0.39 is 0 Å². The van der Waals surface area contributed by atoms with Crippen LogP contribution in [-0.4, -0.2) is 6.54 Å². The van der Waals surface area contributed by atoms with Gasteiger partial charge in [-0.2, -0.15) is 0 Å². The minimum Gasteiger partial charge on any atom is -0.399 e. The first-order chi connectivity index (χ1) is 9.84. The molecule has 0 spiro atoms. The quantitative estimate of drug-likeness (QED) is 0.774. The maximum absolute atomic E-state index is 6.00. The number of rotatable bonds is 1. The van der Waals surface area contributed by atoms with Crippen LogP contribution in [0.25, 0.3) is 0 Å². The molecule has 1 aliphatic carbocycles. The second-order valence-corrected chi connectivity index (χ2v) is 6.01. The molecule has 2 aliphatic rings. The topological polar surface area (TPSA) is 38.0 Å². The highest BCUT2D eigenvalue weighted by molar-refractivity contribution is 5.50. The molecule has 1 aliphatic heterocycles. The van der Waals surface area contributed by atoms with Gasteiger partial charge in [0.1, 0.15) is 0 Å². The van der Waals surface area contributed by atoms with E-state index >= 15 is 0 Å². The number of anilines is 1. The summed E-state index contributed by atoms with van der Waals surface area (Å²) in [5.74, 6) is 1.16. The summed E-state index contributed by atoms with van der Waals surface area (Å²) in [7, 11) is 0. The summed E-state index contributed by atoms with van der Waals surface area (Å²) in [6.45, 7) is 1.14. The molecule has 4 rings (SSSR count). The Bertz CT molecular complexity index is 635. The lowest BCUT2D eigenvalue weighted by atomic mass is 9.80. The smallest absolute Gasteiger partial charge is 0.0360 e. The van der Waals surface area contributed by atoms with Gasteiger partial charge < -0.3 is 11.1 Å². The average molecular weight is 264 g/mol. The van der Waals surface area contributed by atoms with Crippen LogP contribution in [0.3, 0.4) is 0 Å². The molecule has 1 saturated heterocycles. The minimum absolute atomic E-state index is 0.493. The van der Waals surface area contributed by atoms with Crippen molar-refractivity contribution in [2.75, 3.05) is 12.3 Å². The third kappa shape index (κ3) is 1.75. The molecule has 2 heteroatoms. The molecular formula is C18H20N2. The van der Waals surface area contributed by atoms with E-state index in [9.17, 15) is 0 Å². The largest absolute Gasteiger partial charge is 0.399 e. The van der Waals surface area contributed by atoms with Gasteiger partial charge in [0, 0.05) is 17.6 Å². The van der Waals surface area contributed by atoms with Crippen molar-refractivity contribution in [3.63, 3.8) is 0 Å². The second-order valence-electron chi connectivity index (χ2n) is 6.01. The molecule has 0 bridgehead atoms. The molecule has 0 amide bonds. The zero-order valence-corrected chi connectivity index (χ0v) is 11.5. The number of hydrogen-bond donors (Lipinski definition) is 2. The van der Waals surface area contributed by atoms with Crippen LogP contribution < -0.4 is 11.1 Å². The molecule has 0 aromatic heterocycles. The first kappa shape index (κ1) is 12.0. The number of hydrogen-bond acceptors (Lipinski definition) is 2. The lowest BCUT2D eigenvalue weighted by Gasteiger charge is -2.31. The molecule has 3 N–H and O–H groups in total. The van der Waals surface area contributed by atoms with Crippen LogP contribution in [0.5, 0.6) is 0 Å². The number of nitrogens with one attached hydrogen (secondary N) is 1. The maximum atomic E-state index is 6.00. The zero-order valence-electron chi connectivity index (χ0n) is 11.5. The molecule has 1 heterocycles. The van der Waals surface area contributed by atoms with Crippen LogP contribution in [-0.2, 0) is 0 Å². The summed E-state index contributed by atoms with van der Waals surface area (Å²) in [4.78, 5) is 0. The van der Waals surface area contributed by atoms with E-state index in [2.05, 4.69) is 47.8 Å². The van der Waals surface area contributed by atoms with Crippen LogP contribution in [0.4, 0.5) is 5.69 Å². The van der Waals surface area contributed by atoms with Crippen LogP contribution in [0.15, 0.2) is 48.5 Å². The van der Waals surface area contributed by atoms with Gasteiger partial charge in [0.15, 0.2) is 0 Å². The molecule has 0 radical (unpaired) electrons. The van der Waals surface area contributed by atoms with E-state index in [0.29, 0.717) is 17.9 Å². The number of fused-ring (bicyclic) bond motifs is 3. The molecule has 1 fully saturated rings. The Kier molecular flexibility index (Phi) is 2.78. The van der Waals surface area contributed by atoms with Crippen molar-refractivity contribution in [1.82, 2.24) is 5.32 Å². The highest BCUT2D eigenvalue weighted by Gasteiger charge is 2.42. The first-order valence-corrected chi connectivity index (χ1v) is 7.52. The van der Waals surface area contributed by atoms with E-state index in [1.807, 2.05) is 6.07 Å². The Morgan fingerprint density at radius 3 is 2.70 bits per heavy atom. The molecule has 102 valence electrons. The Balaban J connectivity index is 1.85. The normalized spacial score (nSPS) is 27.9. The average Bonchev–Trinajstić information content (AvgIpc) is 2.82. The predicted molar refractivity (Wildman–Crippen MR) is 82.6 cm³/mol. The lowest BCUT2D eigenvalue weighted by molar-refractivity contribution is 0.287. The lowest BCUT2D eigenvalue weighted by Crippen LogP contribution is -2.32. The van der Waals surface area contributed by atoms with Crippen LogP contribution in [0.1, 0.15) is 41.5 Å². The fourth-order valence-electron chi connectivity index (χ4n) is 4.10. The van der Waals surface area contributed by atoms with Gasteiger partial charge in [0.25, 0.3) is 0 Å². The third-order valence-corrected chi connectivity index (χ3v) is 4.87. The van der Waals surface area contributed by atoms with E-state index in [1.54, 1.807) is 0 Å². The molecule has 20 heavy (non-hydrogen) atoms. The van der Waals surface area contributed by atoms with Gasteiger partial charge in [0.05, 0.1) is 0 Å². The minimum atomic E-state index is 0.493. The van der Waals surface area contributed by atoms with Gasteiger partial charge in [-0.05, 0) is 54.1 Å². The fraction of sp³-hybridized carbons (Fsp3) is 0.333. The van der Waals surface area contributed by atoms with Crippen molar-refractivity contribution in [3.05, 3.63) is 65.2 Å². The number of nitrogens with two attached hydrogens (primary N) is 1. The van der Waals surface area contributed by atoms with Crippen molar-refractivity contribution >= 4 is 5.69 Å². The highest BCUT2D eigenvalue weighted by atomic mass is 14.9. The highest BCUT2D eigenvalue weighted by Crippen LogP contribution is 2.51. The van der Waals surface area contributed by atoms with Crippen LogP contribution in [0.2, 0.25) is 0 Å². The Morgan fingerprint density at radius 2 is 1.85 bits per heavy atom. The van der Waals surface area contributed by atoms with Gasteiger partial charge in [-0.15, -0.1) is 0 Å². The van der Waals surface area contributed by atoms with Gasteiger partial charge in [-0.25, -0.2) is 0 Å². The van der Waals surface area contributed by atoms with Crippen molar-refractivity contribution in [2.45, 2.75) is 24.8 Å². The van der Waals surface area contributed by atoms with Crippen molar-refractivity contribution < 1.29 is 0 Å². The molecule has 3 atom stereocenters. The van der Waals surface area contributed by atoms with Gasteiger partial charge in [-0.1, -0.05) is 36.4 Å². The van der Waals surface area contributed by atoms with E-state index in [-0.39, 0.29) is 0 Å². The molecule has 2 aromatic carbocycles. The summed E-state index contributed by atoms with van der Waals surface area (Å²) in [6.07, 6.45) is 2.57. The molecule has 0 saturated carbocycles. The van der Waals surface area contributed by atoms with Crippen molar-refractivity contribution in [1.29, 1.82) is 0 Å². The second kappa shape index (κ2) is 4.64. The van der Waals surface area contributed by atoms with Crippen LogP contribution >= 0.6 is 0 Å². The molecule has 2 nitrogen and oxygen atoms in total. The summed E-state index contributed by atoms with van der Waals surface area (Å²) in [6, 6.07) is 17.9. The van der Waals surface area contributed by atoms with Crippen molar-refractivity contribution in [2.24, 2.45) is 5.92 Å². The molecule has 2 aromatic rings. The third-order valence-electron chi connectivity index (χ3n) is 4.87. The summed E-state index contributed by atoms with van der Waals surface area (Å²) < 4.78 is 0. The number of benzene rings is 2. The fourth-order valence-corrected chi connectivity index (χ4v) is 4.10. The van der Waals surface area contributed by atoms with E-state index in [1.165, 1.54) is 29.5 Å². The molecular weight excluding hydrogens is 244 g/mol. The molecule has 0 unspecified atom stereocenters. The van der Waals surface area contributed by atoms with E-state index in [4.69, 9.17) is 5.73 Å². The van der Waals surface area contributed by atoms with Gasteiger partial charge >= 0.3 is 0 Å². The zero-order chi connectivity index (χ0) is 13.5. The SMILES string of the molecule is Nc1cccc([C@@H]2c3ccccc3[C@@H]3NCCC[C@H]23)c1. The first-order valence-electron chi connectivity index (χ1n) is 7.52. The Hall–Kier alpha value is -1.80.